The highest BCUT2D eigenvalue weighted by atomic mass is 79.9. The molecule has 144 valence electrons. The van der Waals surface area contributed by atoms with E-state index in [-0.39, 0.29) is 30.8 Å². The molecule has 5 nitrogen and oxygen atoms in total. The van der Waals surface area contributed by atoms with Crippen LogP contribution >= 0.6 is 15.9 Å². The SMILES string of the molecule is CCNC(=O)[C@H](C)N(Cc1ccc(Br)cc1)C(=O)COc1ccc(F)cc1. The highest BCUT2D eigenvalue weighted by molar-refractivity contribution is 9.10. The van der Waals surface area contributed by atoms with Crippen LogP contribution in [0.15, 0.2) is 53.0 Å². The van der Waals surface area contributed by atoms with Gasteiger partial charge in [0.2, 0.25) is 5.91 Å². The van der Waals surface area contributed by atoms with Gasteiger partial charge >= 0.3 is 0 Å². The minimum Gasteiger partial charge on any atom is -0.484 e. The second kappa shape index (κ2) is 10.1. The largest absolute Gasteiger partial charge is 0.484 e. The van der Waals surface area contributed by atoms with E-state index in [0.717, 1.165) is 10.0 Å². The molecule has 0 saturated heterocycles. The van der Waals surface area contributed by atoms with E-state index in [2.05, 4.69) is 21.2 Å². The maximum absolute atomic E-state index is 13.0. The summed E-state index contributed by atoms with van der Waals surface area (Å²) in [4.78, 5) is 26.5. The van der Waals surface area contributed by atoms with Gasteiger partial charge in [0, 0.05) is 17.6 Å². The Morgan fingerprint density at radius 1 is 1.15 bits per heavy atom. The molecule has 0 unspecified atom stereocenters. The summed E-state index contributed by atoms with van der Waals surface area (Å²) in [6.07, 6.45) is 0. The number of ether oxygens (including phenoxy) is 1. The first-order valence-electron chi connectivity index (χ1n) is 8.60. The predicted octanol–water partition coefficient (Wildman–Crippen LogP) is 3.52. The fourth-order valence-corrected chi connectivity index (χ4v) is 2.71. The Bertz CT molecular complexity index is 766. The van der Waals surface area contributed by atoms with Gasteiger partial charge in [0.1, 0.15) is 17.6 Å². The van der Waals surface area contributed by atoms with Crippen LogP contribution in [-0.4, -0.2) is 35.9 Å². The lowest BCUT2D eigenvalue weighted by molar-refractivity contribution is -0.142. The second-order valence-corrected chi connectivity index (χ2v) is 6.88. The number of benzene rings is 2. The van der Waals surface area contributed by atoms with Crippen molar-refractivity contribution in [3.8, 4) is 5.75 Å². The first kappa shape index (κ1) is 20.9. The van der Waals surface area contributed by atoms with Crippen molar-refractivity contribution in [2.45, 2.75) is 26.4 Å². The van der Waals surface area contributed by atoms with E-state index < -0.39 is 6.04 Å². The standard InChI is InChI=1S/C20H22BrFN2O3/c1-3-23-20(26)14(2)24(12-15-4-6-16(21)7-5-15)19(25)13-27-18-10-8-17(22)9-11-18/h4-11,14H,3,12-13H2,1-2H3,(H,23,26)/t14-/m0/s1. The third-order valence-corrected chi connectivity index (χ3v) is 4.49. The maximum Gasteiger partial charge on any atom is 0.261 e. The topological polar surface area (TPSA) is 58.6 Å². The molecule has 7 heteroatoms. The molecule has 27 heavy (non-hydrogen) atoms. The average molecular weight is 437 g/mol. The first-order chi connectivity index (χ1) is 12.9. The van der Waals surface area contributed by atoms with E-state index in [1.807, 2.05) is 31.2 Å². The number of halogens is 2. The molecule has 2 rings (SSSR count). The van der Waals surface area contributed by atoms with Crippen LogP contribution in [0.2, 0.25) is 0 Å². The molecule has 0 aliphatic rings. The smallest absolute Gasteiger partial charge is 0.261 e. The zero-order valence-electron chi connectivity index (χ0n) is 15.2. The maximum atomic E-state index is 13.0. The third kappa shape index (κ3) is 6.36. The fourth-order valence-electron chi connectivity index (χ4n) is 2.45. The van der Waals surface area contributed by atoms with Gasteiger partial charge in [-0.05, 0) is 55.8 Å². The minimum absolute atomic E-state index is 0.232. The van der Waals surface area contributed by atoms with Crippen molar-refractivity contribution >= 4 is 27.7 Å². The number of carbonyl (C=O) groups excluding carboxylic acids is 2. The van der Waals surface area contributed by atoms with Crippen molar-refractivity contribution in [3.63, 3.8) is 0 Å². The molecule has 0 radical (unpaired) electrons. The lowest BCUT2D eigenvalue weighted by Gasteiger charge is -2.28. The Morgan fingerprint density at radius 2 is 1.78 bits per heavy atom. The van der Waals surface area contributed by atoms with Crippen molar-refractivity contribution < 1.29 is 18.7 Å². The van der Waals surface area contributed by atoms with E-state index in [9.17, 15) is 14.0 Å². The Labute approximate surface area is 166 Å². The van der Waals surface area contributed by atoms with Crippen LogP contribution in [0.25, 0.3) is 0 Å². The molecular weight excluding hydrogens is 415 g/mol. The summed E-state index contributed by atoms with van der Waals surface area (Å²) in [5.74, 6) is -0.555. The van der Waals surface area contributed by atoms with E-state index in [0.29, 0.717) is 12.3 Å². The molecule has 2 amide bonds. The van der Waals surface area contributed by atoms with Crippen LogP contribution in [0, 0.1) is 5.82 Å². The molecule has 0 aromatic heterocycles. The van der Waals surface area contributed by atoms with Gasteiger partial charge in [-0.1, -0.05) is 28.1 Å². The van der Waals surface area contributed by atoms with E-state index in [1.54, 1.807) is 6.92 Å². The summed E-state index contributed by atoms with van der Waals surface area (Å²) in [6.45, 7) is 4.02. The van der Waals surface area contributed by atoms with Crippen LogP contribution in [0.4, 0.5) is 4.39 Å². The van der Waals surface area contributed by atoms with Gasteiger partial charge in [0.25, 0.3) is 5.91 Å². The molecule has 2 aromatic carbocycles. The molecule has 1 N–H and O–H groups in total. The van der Waals surface area contributed by atoms with E-state index in [4.69, 9.17) is 4.74 Å². The first-order valence-corrected chi connectivity index (χ1v) is 9.40. The van der Waals surface area contributed by atoms with Crippen molar-refractivity contribution in [1.29, 1.82) is 0 Å². The number of nitrogens with zero attached hydrogens (tertiary/aromatic N) is 1. The Hall–Kier alpha value is -2.41. The average Bonchev–Trinajstić information content (AvgIpc) is 2.66. The summed E-state index contributed by atoms with van der Waals surface area (Å²) in [7, 11) is 0. The summed E-state index contributed by atoms with van der Waals surface area (Å²) in [6, 6.07) is 12.3. The second-order valence-electron chi connectivity index (χ2n) is 5.96. The fraction of sp³-hybridized carbons (Fsp3) is 0.300. The summed E-state index contributed by atoms with van der Waals surface area (Å²) < 4.78 is 19.4. The molecule has 0 spiro atoms. The van der Waals surface area contributed by atoms with Crippen LogP contribution in [0.1, 0.15) is 19.4 Å². The number of hydrogen-bond acceptors (Lipinski definition) is 3. The Balaban J connectivity index is 2.11. The number of amides is 2. The number of nitrogens with one attached hydrogen (secondary N) is 1. The predicted molar refractivity (Wildman–Crippen MR) is 105 cm³/mol. The zero-order chi connectivity index (χ0) is 19.8. The van der Waals surface area contributed by atoms with E-state index in [1.165, 1.54) is 29.2 Å². The monoisotopic (exact) mass is 436 g/mol. The van der Waals surface area contributed by atoms with Gasteiger partial charge in [-0.3, -0.25) is 9.59 Å². The van der Waals surface area contributed by atoms with Gasteiger partial charge in [-0.15, -0.1) is 0 Å². The Kier molecular flexibility index (Phi) is 7.79. The molecule has 0 bridgehead atoms. The Morgan fingerprint density at radius 3 is 2.37 bits per heavy atom. The van der Waals surface area contributed by atoms with Crippen molar-refractivity contribution in [3.05, 3.63) is 64.4 Å². The lowest BCUT2D eigenvalue weighted by Crippen LogP contribution is -2.49. The summed E-state index contributed by atoms with van der Waals surface area (Å²) in [5, 5.41) is 2.73. The van der Waals surface area contributed by atoms with E-state index >= 15 is 0 Å². The van der Waals surface area contributed by atoms with Crippen molar-refractivity contribution in [2.75, 3.05) is 13.2 Å². The number of likely N-dealkylation sites (N-methyl/N-ethyl adjacent to an activating group) is 1. The third-order valence-electron chi connectivity index (χ3n) is 3.96. The minimum atomic E-state index is -0.655. The number of rotatable bonds is 8. The molecule has 0 heterocycles. The van der Waals surface area contributed by atoms with Crippen LogP contribution in [0.3, 0.4) is 0 Å². The highest BCUT2D eigenvalue weighted by Gasteiger charge is 2.26. The lowest BCUT2D eigenvalue weighted by atomic mass is 10.1. The molecule has 1 atom stereocenters. The molecule has 0 aliphatic carbocycles. The van der Waals surface area contributed by atoms with Gasteiger partial charge in [0.05, 0.1) is 0 Å². The summed E-state index contributed by atoms with van der Waals surface area (Å²) in [5.41, 5.74) is 0.893. The number of hydrogen-bond donors (Lipinski definition) is 1. The zero-order valence-corrected chi connectivity index (χ0v) is 16.8. The van der Waals surface area contributed by atoms with Crippen LogP contribution in [-0.2, 0) is 16.1 Å². The number of carbonyl (C=O) groups is 2. The van der Waals surface area contributed by atoms with Gasteiger partial charge in [-0.25, -0.2) is 4.39 Å². The molecule has 0 aliphatic heterocycles. The quantitative estimate of drug-likeness (QED) is 0.688. The van der Waals surface area contributed by atoms with Crippen molar-refractivity contribution in [2.24, 2.45) is 0 Å². The normalized spacial score (nSPS) is 11.6. The molecule has 0 saturated carbocycles. The molecule has 0 fully saturated rings. The van der Waals surface area contributed by atoms with Crippen LogP contribution < -0.4 is 10.1 Å². The highest BCUT2D eigenvalue weighted by Crippen LogP contribution is 2.15. The van der Waals surface area contributed by atoms with Gasteiger partial charge < -0.3 is 15.0 Å². The molecular formula is C20H22BrFN2O3. The summed E-state index contributed by atoms with van der Waals surface area (Å²) >= 11 is 3.38. The van der Waals surface area contributed by atoms with Crippen LogP contribution in [0.5, 0.6) is 5.75 Å². The van der Waals surface area contributed by atoms with Gasteiger partial charge in [0.15, 0.2) is 6.61 Å². The van der Waals surface area contributed by atoms with Crippen molar-refractivity contribution in [1.82, 2.24) is 10.2 Å². The van der Waals surface area contributed by atoms with Gasteiger partial charge in [-0.2, -0.15) is 0 Å². The molecule has 2 aromatic rings.